The third-order valence-electron chi connectivity index (χ3n) is 2.00. The van der Waals surface area contributed by atoms with Gasteiger partial charge in [-0.05, 0) is 36.3 Å². The molecule has 0 fully saturated rings. The highest BCUT2D eigenvalue weighted by Crippen LogP contribution is 2.15. The molecule has 12 heavy (non-hydrogen) atoms. The van der Waals surface area contributed by atoms with Crippen molar-refractivity contribution in [2.75, 3.05) is 0 Å². The SMILES string of the molecule is C=C(C)c1cc2ccccn2c1. The summed E-state index contributed by atoms with van der Waals surface area (Å²) < 4.78 is 2.10. The van der Waals surface area contributed by atoms with E-state index in [9.17, 15) is 0 Å². The number of nitrogens with zero attached hydrogens (tertiary/aromatic N) is 1. The van der Waals surface area contributed by atoms with E-state index in [1.54, 1.807) is 0 Å². The molecule has 1 heteroatoms. The summed E-state index contributed by atoms with van der Waals surface area (Å²) in [4.78, 5) is 0. The molecule has 2 rings (SSSR count). The predicted molar refractivity (Wildman–Crippen MR) is 52.1 cm³/mol. The van der Waals surface area contributed by atoms with Crippen molar-refractivity contribution >= 4 is 11.1 Å². The molecule has 2 aromatic heterocycles. The minimum atomic E-state index is 1.11. The predicted octanol–water partition coefficient (Wildman–Crippen LogP) is 2.97. The van der Waals surface area contributed by atoms with Crippen molar-refractivity contribution in [2.24, 2.45) is 0 Å². The molecule has 0 aliphatic heterocycles. The molecular formula is C11H11N. The highest BCUT2D eigenvalue weighted by Gasteiger charge is 1.97. The zero-order chi connectivity index (χ0) is 8.55. The molecule has 0 bridgehead atoms. The Labute approximate surface area is 72.0 Å². The average molecular weight is 157 g/mol. The van der Waals surface area contributed by atoms with Gasteiger partial charge >= 0.3 is 0 Å². The third-order valence-corrected chi connectivity index (χ3v) is 2.00. The topological polar surface area (TPSA) is 4.41 Å². The van der Waals surface area contributed by atoms with Crippen LogP contribution in [0.1, 0.15) is 12.5 Å². The lowest BCUT2D eigenvalue weighted by Crippen LogP contribution is -1.76. The van der Waals surface area contributed by atoms with E-state index in [2.05, 4.69) is 29.3 Å². The lowest BCUT2D eigenvalue weighted by molar-refractivity contribution is 1.20. The molecule has 0 unspecified atom stereocenters. The molecule has 0 saturated heterocycles. The van der Waals surface area contributed by atoms with Gasteiger partial charge in [0.1, 0.15) is 0 Å². The fourth-order valence-electron chi connectivity index (χ4n) is 1.29. The van der Waals surface area contributed by atoms with Gasteiger partial charge in [-0.3, -0.25) is 0 Å². The third kappa shape index (κ3) is 1.03. The Morgan fingerprint density at radius 2 is 2.25 bits per heavy atom. The first kappa shape index (κ1) is 7.17. The van der Waals surface area contributed by atoms with E-state index in [0.717, 1.165) is 5.57 Å². The van der Waals surface area contributed by atoms with Crippen LogP contribution in [0.15, 0.2) is 43.2 Å². The molecule has 2 heterocycles. The Morgan fingerprint density at radius 1 is 1.42 bits per heavy atom. The molecule has 0 radical (unpaired) electrons. The van der Waals surface area contributed by atoms with E-state index < -0.39 is 0 Å². The molecule has 0 aromatic carbocycles. The lowest BCUT2D eigenvalue weighted by Gasteiger charge is -1.89. The maximum absolute atomic E-state index is 3.91. The van der Waals surface area contributed by atoms with E-state index in [1.807, 2.05) is 25.3 Å². The van der Waals surface area contributed by atoms with Crippen molar-refractivity contribution in [2.45, 2.75) is 6.92 Å². The minimum Gasteiger partial charge on any atom is -0.323 e. The smallest absolute Gasteiger partial charge is 0.0456 e. The van der Waals surface area contributed by atoms with Crippen LogP contribution in [0.4, 0.5) is 0 Å². The van der Waals surface area contributed by atoms with Crippen LogP contribution >= 0.6 is 0 Å². The van der Waals surface area contributed by atoms with Crippen LogP contribution in [0.25, 0.3) is 11.1 Å². The zero-order valence-corrected chi connectivity index (χ0v) is 7.12. The Morgan fingerprint density at radius 3 is 2.92 bits per heavy atom. The van der Waals surface area contributed by atoms with E-state index in [0.29, 0.717) is 0 Å². The second kappa shape index (κ2) is 2.52. The summed E-state index contributed by atoms with van der Waals surface area (Å²) in [6.07, 6.45) is 4.14. The van der Waals surface area contributed by atoms with Crippen LogP contribution in [0.5, 0.6) is 0 Å². The largest absolute Gasteiger partial charge is 0.323 e. The van der Waals surface area contributed by atoms with Gasteiger partial charge < -0.3 is 4.40 Å². The molecule has 0 aliphatic carbocycles. The van der Waals surface area contributed by atoms with Gasteiger partial charge in [-0.2, -0.15) is 0 Å². The maximum Gasteiger partial charge on any atom is 0.0456 e. The lowest BCUT2D eigenvalue weighted by atomic mass is 10.2. The molecule has 0 amide bonds. The van der Waals surface area contributed by atoms with Crippen LogP contribution in [0.3, 0.4) is 0 Å². The second-order valence-electron chi connectivity index (χ2n) is 3.04. The normalized spacial score (nSPS) is 10.4. The van der Waals surface area contributed by atoms with Gasteiger partial charge in [0, 0.05) is 17.9 Å². The van der Waals surface area contributed by atoms with Crippen molar-refractivity contribution in [1.82, 2.24) is 4.40 Å². The van der Waals surface area contributed by atoms with E-state index >= 15 is 0 Å². The summed E-state index contributed by atoms with van der Waals surface area (Å²) in [6, 6.07) is 8.29. The van der Waals surface area contributed by atoms with Crippen molar-refractivity contribution < 1.29 is 0 Å². The number of rotatable bonds is 1. The van der Waals surface area contributed by atoms with Crippen molar-refractivity contribution in [3.8, 4) is 0 Å². The first-order chi connectivity index (χ1) is 5.77. The molecule has 0 spiro atoms. The highest BCUT2D eigenvalue weighted by atomic mass is 14.8. The molecule has 0 saturated carbocycles. The van der Waals surface area contributed by atoms with Gasteiger partial charge in [-0.15, -0.1) is 0 Å². The summed E-state index contributed by atoms with van der Waals surface area (Å²) >= 11 is 0. The first-order valence-corrected chi connectivity index (χ1v) is 4.00. The van der Waals surface area contributed by atoms with Gasteiger partial charge in [-0.25, -0.2) is 0 Å². The standard InChI is InChI=1S/C11H11N/c1-9(2)10-7-11-5-3-4-6-12(11)8-10/h3-8H,1H2,2H3. The van der Waals surface area contributed by atoms with Gasteiger partial charge in [0.25, 0.3) is 0 Å². The number of fused-ring (bicyclic) bond motifs is 1. The van der Waals surface area contributed by atoms with Crippen molar-refractivity contribution in [3.63, 3.8) is 0 Å². The van der Waals surface area contributed by atoms with Crippen LogP contribution < -0.4 is 0 Å². The molecule has 0 atom stereocenters. The zero-order valence-electron chi connectivity index (χ0n) is 7.12. The maximum atomic E-state index is 3.91. The van der Waals surface area contributed by atoms with Crippen molar-refractivity contribution in [1.29, 1.82) is 0 Å². The summed E-state index contributed by atoms with van der Waals surface area (Å²) in [7, 11) is 0. The van der Waals surface area contributed by atoms with Crippen LogP contribution in [0, 0.1) is 0 Å². The Hall–Kier alpha value is -1.50. The van der Waals surface area contributed by atoms with E-state index in [4.69, 9.17) is 0 Å². The minimum absolute atomic E-state index is 1.11. The Kier molecular flexibility index (Phi) is 1.51. The Bertz CT molecular complexity index is 390. The number of allylic oxidation sites excluding steroid dienone is 1. The van der Waals surface area contributed by atoms with Crippen LogP contribution in [-0.2, 0) is 0 Å². The summed E-state index contributed by atoms with van der Waals surface area (Å²) in [5.74, 6) is 0. The van der Waals surface area contributed by atoms with Gasteiger partial charge in [0.15, 0.2) is 0 Å². The number of pyridine rings is 1. The fourth-order valence-corrected chi connectivity index (χ4v) is 1.29. The van der Waals surface area contributed by atoms with Gasteiger partial charge in [-0.1, -0.05) is 12.6 Å². The molecule has 60 valence electrons. The van der Waals surface area contributed by atoms with E-state index in [-0.39, 0.29) is 0 Å². The quantitative estimate of drug-likeness (QED) is 0.599. The first-order valence-electron chi connectivity index (χ1n) is 4.00. The molecule has 0 N–H and O–H groups in total. The van der Waals surface area contributed by atoms with Gasteiger partial charge in [0.05, 0.1) is 0 Å². The highest BCUT2D eigenvalue weighted by molar-refractivity contribution is 5.67. The molecule has 1 nitrogen and oxygen atoms in total. The van der Waals surface area contributed by atoms with E-state index in [1.165, 1.54) is 11.1 Å². The van der Waals surface area contributed by atoms with Gasteiger partial charge in [0.2, 0.25) is 0 Å². The monoisotopic (exact) mass is 157 g/mol. The second-order valence-corrected chi connectivity index (χ2v) is 3.04. The summed E-state index contributed by atoms with van der Waals surface area (Å²) in [5, 5.41) is 0. The summed E-state index contributed by atoms with van der Waals surface area (Å²) in [6.45, 7) is 5.93. The molecular weight excluding hydrogens is 146 g/mol. The Balaban J connectivity index is 2.70. The fraction of sp³-hybridized carbons (Fsp3) is 0.0909. The average Bonchev–Trinajstić information content (AvgIpc) is 2.46. The molecule has 0 aliphatic rings. The molecule has 2 aromatic rings. The van der Waals surface area contributed by atoms with Crippen LogP contribution in [-0.4, -0.2) is 4.40 Å². The number of hydrogen-bond donors (Lipinski definition) is 0. The van der Waals surface area contributed by atoms with Crippen molar-refractivity contribution in [3.05, 3.63) is 48.8 Å². The number of hydrogen-bond acceptors (Lipinski definition) is 0. The summed E-state index contributed by atoms with van der Waals surface area (Å²) in [5.41, 5.74) is 3.54. The van der Waals surface area contributed by atoms with Crippen LogP contribution in [0.2, 0.25) is 0 Å². The number of aromatic nitrogens is 1.